The molecule has 12 heteroatoms. The molecule has 0 bridgehead atoms. The lowest BCUT2D eigenvalue weighted by atomic mass is 9.85. The molecule has 216 valence electrons. The van der Waals surface area contributed by atoms with Gasteiger partial charge in [0.15, 0.2) is 5.43 Å². The maximum absolute atomic E-state index is 13.0. The largest absolute Gasteiger partial charge is 0.507 e. The fraction of sp³-hybridized carbons (Fsp3) is 0.241. The minimum atomic E-state index is -5.08. The molecule has 0 spiro atoms. The SMILES string of the molecule is CN1CC[C@H](c2c(O)cc(O)c3c(=O)cc(-c4cccc(Oc5ccccc5)c4)oc23)[C@H](O)C1.O=C(O)C(F)(F)F. The smallest absolute Gasteiger partial charge is 0.490 e. The monoisotopic (exact) mass is 573 g/mol. The number of nitrogens with zero attached hydrogens (tertiary/aromatic N) is 1. The minimum absolute atomic E-state index is 0.0145. The number of phenols is 2. The van der Waals surface area contributed by atoms with Crippen molar-refractivity contribution < 1.29 is 47.5 Å². The molecule has 1 aromatic heterocycles. The van der Waals surface area contributed by atoms with Crippen molar-refractivity contribution in [3.63, 3.8) is 0 Å². The van der Waals surface area contributed by atoms with E-state index >= 15 is 0 Å². The summed E-state index contributed by atoms with van der Waals surface area (Å²) < 4.78 is 43.8. The first-order chi connectivity index (χ1) is 19.3. The van der Waals surface area contributed by atoms with Crippen LogP contribution in [0, 0.1) is 0 Å². The number of aliphatic hydroxyl groups is 1. The molecule has 1 aliphatic heterocycles. The van der Waals surface area contributed by atoms with Crippen LogP contribution in [-0.4, -0.2) is 63.7 Å². The summed E-state index contributed by atoms with van der Waals surface area (Å²) in [7, 11) is 1.91. The Hall–Kier alpha value is -4.55. The van der Waals surface area contributed by atoms with Gasteiger partial charge in [0, 0.05) is 35.7 Å². The van der Waals surface area contributed by atoms with Crippen molar-refractivity contribution in [1.29, 1.82) is 0 Å². The summed E-state index contributed by atoms with van der Waals surface area (Å²) in [5.41, 5.74) is 0.587. The molecule has 0 radical (unpaired) electrons. The first-order valence-corrected chi connectivity index (χ1v) is 12.4. The van der Waals surface area contributed by atoms with E-state index < -0.39 is 29.6 Å². The Bertz CT molecular complexity index is 1600. The second-order valence-corrected chi connectivity index (χ2v) is 9.48. The molecule has 9 nitrogen and oxygen atoms in total. The van der Waals surface area contributed by atoms with Crippen molar-refractivity contribution in [3.8, 4) is 34.3 Å². The number of ether oxygens (including phenoxy) is 1. The summed E-state index contributed by atoms with van der Waals surface area (Å²) in [6, 6.07) is 18.9. The molecule has 4 aromatic rings. The number of carboxylic acids is 1. The Morgan fingerprint density at radius 2 is 1.66 bits per heavy atom. The van der Waals surface area contributed by atoms with Crippen LogP contribution in [0.15, 0.2) is 75.9 Å². The molecule has 1 fully saturated rings. The number of para-hydroxylation sites is 1. The highest BCUT2D eigenvalue weighted by atomic mass is 19.4. The summed E-state index contributed by atoms with van der Waals surface area (Å²) >= 11 is 0. The van der Waals surface area contributed by atoms with E-state index in [9.17, 15) is 33.3 Å². The number of aliphatic carboxylic acids is 1. The lowest BCUT2D eigenvalue weighted by Crippen LogP contribution is -2.40. The molecule has 2 heterocycles. The topological polar surface area (TPSA) is 141 Å². The Balaban J connectivity index is 0.000000493. The molecular formula is C29H26F3NO8. The highest BCUT2D eigenvalue weighted by molar-refractivity contribution is 5.89. The number of piperidine rings is 1. The van der Waals surface area contributed by atoms with Crippen molar-refractivity contribution in [1.82, 2.24) is 4.90 Å². The summed E-state index contributed by atoms with van der Waals surface area (Å²) in [6.45, 7) is 1.14. The number of likely N-dealkylation sites (tertiary alicyclic amines) is 1. The highest BCUT2D eigenvalue weighted by Gasteiger charge is 2.38. The molecule has 0 unspecified atom stereocenters. The summed E-state index contributed by atoms with van der Waals surface area (Å²) in [6.07, 6.45) is -5.27. The maximum Gasteiger partial charge on any atom is 0.490 e. The van der Waals surface area contributed by atoms with E-state index in [2.05, 4.69) is 0 Å². The van der Waals surface area contributed by atoms with Crippen LogP contribution in [0.2, 0.25) is 0 Å². The van der Waals surface area contributed by atoms with Gasteiger partial charge in [-0.05, 0) is 44.3 Å². The predicted molar refractivity (Wildman–Crippen MR) is 142 cm³/mol. The van der Waals surface area contributed by atoms with Crippen LogP contribution >= 0.6 is 0 Å². The fourth-order valence-electron chi connectivity index (χ4n) is 4.59. The molecular weight excluding hydrogens is 547 g/mol. The van der Waals surface area contributed by atoms with E-state index in [1.54, 1.807) is 24.3 Å². The summed E-state index contributed by atoms with van der Waals surface area (Å²) in [5, 5.41) is 39.0. The maximum atomic E-state index is 13.0. The number of β-amino-alcohol motifs (C(OH)–C–C–N with tert-alkyl or cyclic N) is 1. The van der Waals surface area contributed by atoms with E-state index in [-0.39, 0.29) is 28.2 Å². The highest BCUT2D eigenvalue weighted by Crippen LogP contribution is 2.42. The number of phenolic OH excluding ortho intramolecular Hbond substituents is 2. The van der Waals surface area contributed by atoms with Gasteiger partial charge in [-0.2, -0.15) is 13.2 Å². The third kappa shape index (κ3) is 6.79. The number of aromatic hydroxyl groups is 2. The average molecular weight is 574 g/mol. The molecule has 1 saturated heterocycles. The van der Waals surface area contributed by atoms with E-state index in [0.717, 1.165) is 6.07 Å². The first-order valence-electron chi connectivity index (χ1n) is 12.4. The van der Waals surface area contributed by atoms with Gasteiger partial charge in [0.1, 0.15) is 39.7 Å². The van der Waals surface area contributed by atoms with Gasteiger partial charge in [0.25, 0.3) is 0 Å². The Morgan fingerprint density at radius 3 is 2.29 bits per heavy atom. The van der Waals surface area contributed by atoms with Crippen LogP contribution in [-0.2, 0) is 4.79 Å². The van der Waals surface area contributed by atoms with E-state index in [1.165, 1.54) is 6.07 Å². The number of alkyl halides is 3. The number of carbonyl (C=O) groups is 1. The molecule has 5 rings (SSSR count). The number of fused-ring (bicyclic) bond motifs is 1. The van der Waals surface area contributed by atoms with Crippen molar-refractivity contribution in [2.45, 2.75) is 24.6 Å². The lowest BCUT2D eigenvalue weighted by molar-refractivity contribution is -0.192. The van der Waals surface area contributed by atoms with E-state index in [4.69, 9.17) is 19.1 Å². The van der Waals surface area contributed by atoms with Crippen LogP contribution in [0.3, 0.4) is 0 Å². The molecule has 4 N–H and O–H groups in total. The van der Waals surface area contributed by atoms with Crippen LogP contribution in [0.25, 0.3) is 22.3 Å². The van der Waals surface area contributed by atoms with Crippen LogP contribution < -0.4 is 10.2 Å². The van der Waals surface area contributed by atoms with Gasteiger partial charge in [0.05, 0.1) is 6.10 Å². The van der Waals surface area contributed by atoms with Crippen LogP contribution in [0.5, 0.6) is 23.0 Å². The number of likely N-dealkylation sites (N-methyl/N-ethyl adjacent to an activating group) is 1. The van der Waals surface area contributed by atoms with Gasteiger partial charge >= 0.3 is 12.1 Å². The number of aliphatic hydroxyl groups excluding tert-OH is 1. The van der Waals surface area contributed by atoms with E-state index in [1.807, 2.05) is 42.3 Å². The third-order valence-corrected chi connectivity index (χ3v) is 6.49. The molecule has 1 aliphatic rings. The first kappa shape index (κ1) is 29.4. The second-order valence-electron chi connectivity index (χ2n) is 9.48. The number of hydrogen-bond acceptors (Lipinski definition) is 8. The third-order valence-electron chi connectivity index (χ3n) is 6.49. The molecule has 0 aliphatic carbocycles. The zero-order chi connectivity index (χ0) is 29.9. The molecule has 41 heavy (non-hydrogen) atoms. The standard InChI is InChI=1S/C27H25NO6.C2HF3O2/c1-28-11-10-19(23(32)15-28)25-20(29)13-21(30)26-22(31)14-24(34-27(25)26)16-6-5-9-18(12-16)33-17-7-3-2-4-8-17;3-2(4,5)1(6)7/h2-9,12-14,19,23,29-30,32H,10-11,15H2,1H3;(H,6,7)/t19-,23+;/m0./s1. The number of benzene rings is 3. The van der Waals surface area contributed by atoms with Gasteiger partial charge < -0.3 is 34.5 Å². The second kappa shape index (κ2) is 11.9. The zero-order valence-corrected chi connectivity index (χ0v) is 21.6. The number of rotatable bonds is 4. The summed E-state index contributed by atoms with van der Waals surface area (Å²) in [5.74, 6) is -2.26. The van der Waals surface area contributed by atoms with Crippen LogP contribution in [0.1, 0.15) is 17.9 Å². The Morgan fingerprint density at radius 1 is 1.00 bits per heavy atom. The van der Waals surface area contributed by atoms with Gasteiger partial charge in [-0.1, -0.05) is 30.3 Å². The molecule has 0 amide bonds. The minimum Gasteiger partial charge on any atom is -0.507 e. The van der Waals surface area contributed by atoms with Crippen molar-refractivity contribution in [3.05, 3.63) is 82.5 Å². The van der Waals surface area contributed by atoms with Crippen molar-refractivity contribution in [2.24, 2.45) is 0 Å². The van der Waals surface area contributed by atoms with Crippen LogP contribution in [0.4, 0.5) is 13.2 Å². The lowest BCUT2D eigenvalue weighted by Gasteiger charge is -2.34. The van der Waals surface area contributed by atoms with Gasteiger partial charge in [-0.3, -0.25) is 4.79 Å². The quantitative estimate of drug-likeness (QED) is 0.263. The van der Waals surface area contributed by atoms with E-state index in [0.29, 0.717) is 42.1 Å². The molecule has 3 aromatic carbocycles. The predicted octanol–water partition coefficient (Wildman–Crippen LogP) is 5.08. The van der Waals surface area contributed by atoms with Gasteiger partial charge in [0.2, 0.25) is 0 Å². The van der Waals surface area contributed by atoms with Crippen molar-refractivity contribution >= 4 is 16.9 Å². The number of hydrogen-bond donors (Lipinski definition) is 4. The zero-order valence-electron chi connectivity index (χ0n) is 21.6. The Labute approximate surface area is 231 Å². The summed E-state index contributed by atoms with van der Waals surface area (Å²) in [4.78, 5) is 23.9. The fourth-order valence-corrected chi connectivity index (χ4v) is 4.59. The number of carboxylic acid groups (broad SMARTS) is 1. The number of halogens is 3. The van der Waals surface area contributed by atoms with Gasteiger partial charge in [-0.15, -0.1) is 0 Å². The molecule has 0 saturated carbocycles. The molecule has 2 atom stereocenters. The van der Waals surface area contributed by atoms with Crippen molar-refractivity contribution in [2.75, 3.05) is 20.1 Å². The normalized spacial score (nSPS) is 17.5. The average Bonchev–Trinajstić information content (AvgIpc) is 2.90. The van der Waals surface area contributed by atoms with Gasteiger partial charge in [-0.25, -0.2) is 4.79 Å². The Kier molecular flexibility index (Phi) is 8.55.